The lowest BCUT2D eigenvalue weighted by Crippen LogP contribution is -2.05. The number of aromatic nitrogens is 2. The molecule has 1 heterocycles. The Kier molecular flexibility index (Phi) is 5.27. The van der Waals surface area contributed by atoms with Gasteiger partial charge in [0.05, 0.1) is 6.20 Å². The van der Waals surface area contributed by atoms with Gasteiger partial charge < -0.3 is 5.32 Å². The van der Waals surface area contributed by atoms with E-state index < -0.39 is 0 Å². The van der Waals surface area contributed by atoms with E-state index in [0.29, 0.717) is 0 Å². The van der Waals surface area contributed by atoms with E-state index in [2.05, 4.69) is 29.5 Å². The van der Waals surface area contributed by atoms with Crippen LogP contribution in [-0.4, -0.2) is 16.3 Å². The Balaban J connectivity index is 3.18. The summed E-state index contributed by atoms with van der Waals surface area (Å²) in [5.74, 6) is 1.06. The van der Waals surface area contributed by atoms with Crippen molar-refractivity contribution in [1.82, 2.24) is 9.78 Å². The van der Waals surface area contributed by atoms with E-state index >= 15 is 0 Å². The first-order valence-electron chi connectivity index (χ1n) is 5.96. The Morgan fingerprint density at radius 1 is 1.41 bits per heavy atom. The molecule has 0 fully saturated rings. The molecule has 1 aromatic heterocycles. The molecular weight excluding hydrogens is 210 g/mol. The lowest BCUT2D eigenvalue weighted by molar-refractivity contribution is 0.771. The van der Waals surface area contributed by atoms with Crippen LogP contribution in [0.4, 0.5) is 5.82 Å². The second-order valence-corrected chi connectivity index (χ2v) is 3.71. The summed E-state index contributed by atoms with van der Waals surface area (Å²) in [4.78, 5) is 0. The Morgan fingerprint density at radius 2 is 2.18 bits per heavy atom. The molecule has 0 atom stereocenters. The lowest BCUT2D eigenvalue weighted by atomic mass is 10.1. The zero-order valence-electron chi connectivity index (χ0n) is 11.1. The Hall–Kier alpha value is -1.77. The number of hydrogen-bond donors (Lipinski definition) is 1. The van der Waals surface area contributed by atoms with Gasteiger partial charge in [0.1, 0.15) is 5.82 Å². The van der Waals surface area contributed by atoms with Crippen LogP contribution in [0.2, 0.25) is 0 Å². The Labute approximate surface area is 104 Å². The maximum atomic E-state index is 4.30. The van der Waals surface area contributed by atoms with E-state index in [1.165, 1.54) is 0 Å². The number of anilines is 1. The van der Waals surface area contributed by atoms with Crippen LogP contribution in [0.3, 0.4) is 0 Å². The highest BCUT2D eigenvalue weighted by Crippen LogP contribution is 2.24. The summed E-state index contributed by atoms with van der Waals surface area (Å²) >= 11 is 0. The minimum atomic E-state index is 0.888. The van der Waals surface area contributed by atoms with E-state index in [0.717, 1.165) is 23.5 Å². The third-order valence-electron chi connectivity index (χ3n) is 2.41. The molecule has 0 radical (unpaired) electrons. The number of aryl methyl sites for hydroxylation is 1. The van der Waals surface area contributed by atoms with Gasteiger partial charge >= 0.3 is 0 Å². The van der Waals surface area contributed by atoms with Gasteiger partial charge in [0, 0.05) is 19.2 Å². The first kappa shape index (κ1) is 13.3. The smallest absolute Gasteiger partial charge is 0.131 e. The molecule has 0 bridgehead atoms. The van der Waals surface area contributed by atoms with Gasteiger partial charge in [-0.25, -0.2) is 0 Å². The van der Waals surface area contributed by atoms with Gasteiger partial charge in [-0.2, -0.15) is 5.10 Å². The molecule has 0 saturated carbocycles. The minimum absolute atomic E-state index is 0.888. The number of nitrogens with one attached hydrogen (secondary N) is 1. The Bertz CT molecular complexity index is 436. The van der Waals surface area contributed by atoms with Crippen LogP contribution in [0.5, 0.6) is 0 Å². The van der Waals surface area contributed by atoms with Crippen LogP contribution in [0.1, 0.15) is 26.3 Å². The van der Waals surface area contributed by atoms with Gasteiger partial charge in [0.2, 0.25) is 0 Å². The molecule has 0 aliphatic heterocycles. The fourth-order valence-corrected chi connectivity index (χ4v) is 1.64. The van der Waals surface area contributed by atoms with E-state index in [1.54, 1.807) is 0 Å². The molecule has 0 aliphatic rings. The summed E-state index contributed by atoms with van der Waals surface area (Å²) < 4.78 is 1.87. The molecule has 0 unspecified atom stereocenters. The summed E-state index contributed by atoms with van der Waals surface area (Å²) in [5, 5.41) is 7.64. The van der Waals surface area contributed by atoms with E-state index in [9.17, 15) is 0 Å². The highest BCUT2D eigenvalue weighted by atomic mass is 15.3. The molecule has 1 rings (SSSR count). The zero-order chi connectivity index (χ0) is 12.7. The molecule has 1 N–H and O–H groups in total. The normalized spacial score (nSPS) is 12.8. The zero-order valence-corrected chi connectivity index (χ0v) is 11.1. The summed E-state index contributed by atoms with van der Waals surface area (Å²) in [6, 6.07) is 0. The third-order valence-corrected chi connectivity index (χ3v) is 2.41. The predicted molar refractivity (Wildman–Crippen MR) is 75.0 cm³/mol. The van der Waals surface area contributed by atoms with Crippen molar-refractivity contribution in [3.05, 3.63) is 42.1 Å². The molecule has 3 nitrogen and oxygen atoms in total. The van der Waals surface area contributed by atoms with Crippen molar-refractivity contribution in [3.63, 3.8) is 0 Å². The van der Waals surface area contributed by atoms with Crippen molar-refractivity contribution < 1.29 is 0 Å². The molecule has 17 heavy (non-hydrogen) atoms. The van der Waals surface area contributed by atoms with Gasteiger partial charge in [-0.3, -0.25) is 4.68 Å². The molecule has 0 spiro atoms. The maximum Gasteiger partial charge on any atom is 0.131 e. The average Bonchev–Trinajstić information content (AvgIpc) is 2.67. The molecule has 3 heteroatoms. The molecular formula is C14H21N3. The summed E-state index contributed by atoms with van der Waals surface area (Å²) in [6.45, 7) is 7.01. The van der Waals surface area contributed by atoms with Crippen LogP contribution < -0.4 is 5.32 Å². The third kappa shape index (κ3) is 3.34. The number of nitrogens with zero attached hydrogens (tertiary/aromatic N) is 2. The molecule has 0 aromatic carbocycles. The molecule has 1 aromatic rings. The number of allylic oxidation sites excluding steroid dienone is 6. The second-order valence-electron chi connectivity index (χ2n) is 3.71. The summed E-state index contributed by atoms with van der Waals surface area (Å²) in [6.07, 6.45) is 12.2. The van der Waals surface area contributed by atoms with Crippen molar-refractivity contribution in [2.45, 2.75) is 20.8 Å². The van der Waals surface area contributed by atoms with E-state index in [1.807, 2.05) is 50.0 Å². The van der Waals surface area contributed by atoms with Crippen LogP contribution in [-0.2, 0) is 7.05 Å². The SMILES string of the molecule is C\C=C/C=C(\C=C/C)c1cnn(C)c1NCC. The lowest BCUT2D eigenvalue weighted by Gasteiger charge is -2.07. The van der Waals surface area contributed by atoms with Gasteiger partial charge in [0.15, 0.2) is 0 Å². The predicted octanol–water partition coefficient (Wildman–Crippen LogP) is 3.39. The van der Waals surface area contributed by atoms with Crippen molar-refractivity contribution in [2.24, 2.45) is 7.05 Å². The largest absolute Gasteiger partial charge is 0.370 e. The Morgan fingerprint density at radius 3 is 2.76 bits per heavy atom. The highest BCUT2D eigenvalue weighted by molar-refractivity contribution is 5.81. The van der Waals surface area contributed by atoms with Gasteiger partial charge in [-0.15, -0.1) is 0 Å². The first-order chi connectivity index (χ1) is 8.24. The fourth-order valence-electron chi connectivity index (χ4n) is 1.64. The first-order valence-corrected chi connectivity index (χ1v) is 5.96. The van der Waals surface area contributed by atoms with Gasteiger partial charge in [0.25, 0.3) is 0 Å². The highest BCUT2D eigenvalue weighted by Gasteiger charge is 2.09. The van der Waals surface area contributed by atoms with Crippen LogP contribution in [0.15, 0.2) is 36.6 Å². The van der Waals surface area contributed by atoms with Crippen molar-refractivity contribution >= 4 is 11.4 Å². The quantitative estimate of drug-likeness (QED) is 0.787. The van der Waals surface area contributed by atoms with Crippen LogP contribution >= 0.6 is 0 Å². The second kappa shape index (κ2) is 6.74. The van der Waals surface area contributed by atoms with E-state index in [4.69, 9.17) is 0 Å². The maximum absolute atomic E-state index is 4.30. The number of rotatable bonds is 5. The fraction of sp³-hybridized carbons (Fsp3) is 0.357. The monoisotopic (exact) mass is 231 g/mol. The van der Waals surface area contributed by atoms with Crippen LogP contribution in [0, 0.1) is 0 Å². The number of hydrogen-bond acceptors (Lipinski definition) is 2. The molecule has 0 saturated heterocycles. The topological polar surface area (TPSA) is 29.9 Å². The molecule has 0 amide bonds. The average molecular weight is 231 g/mol. The summed E-state index contributed by atoms with van der Waals surface area (Å²) in [5.41, 5.74) is 2.29. The van der Waals surface area contributed by atoms with Gasteiger partial charge in [-0.1, -0.05) is 30.4 Å². The van der Waals surface area contributed by atoms with Gasteiger partial charge in [-0.05, 0) is 26.3 Å². The van der Waals surface area contributed by atoms with Crippen molar-refractivity contribution in [3.8, 4) is 0 Å². The van der Waals surface area contributed by atoms with Crippen molar-refractivity contribution in [2.75, 3.05) is 11.9 Å². The molecule has 0 aliphatic carbocycles. The minimum Gasteiger partial charge on any atom is -0.370 e. The standard InChI is InChI=1S/C14H21N3/c1-5-8-10-12(9-6-2)13-11-16-17(4)14(13)15-7-3/h5-6,8-11,15H,7H2,1-4H3/b8-5-,9-6-,12-10+. The van der Waals surface area contributed by atoms with Crippen molar-refractivity contribution in [1.29, 1.82) is 0 Å². The summed E-state index contributed by atoms with van der Waals surface area (Å²) in [7, 11) is 1.95. The van der Waals surface area contributed by atoms with E-state index in [-0.39, 0.29) is 0 Å². The van der Waals surface area contributed by atoms with Crippen LogP contribution in [0.25, 0.3) is 5.57 Å². The molecule has 92 valence electrons.